The van der Waals surface area contributed by atoms with Crippen LogP contribution in [-0.4, -0.2) is 6.54 Å². The number of anilines is 1. The molecule has 2 atom stereocenters. The molecule has 0 bridgehead atoms. The molecule has 0 saturated heterocycles. The van der Waals surface area contributed by atoms with Gasteiger partial charge < -0.3 is 5.32 Å². The normalized spacial score (nSPS) is 21.1. The number of rotatable bonds is 2. The molecule has 2 unspecified atom stereocenters. The second-order valence-corrected chi connectivity index (χ2v) is 6.87. The molecule has 0 amide bonds. The lowest BCUT2D eigenvalue weighted by Crippen LogP contribution is -2.33. The number of hydrogen-bond donors (Lipinski definition) is 1. The Labute approximate surface area is 112 Å². The Morgan fingerprint density at radius 2 is 2.06 bits per heavy atom. The fraction of sp³-hybridized carbons (Fsp3) is 0.647. The zero-order valence-corrected chi connectivity index (χ0v) is 12.5. The molecule has 0 aromatic heterocycles. The lowest BCUT2D eigenvalue weighted by Gasteiger charge is -2.36. The summed E-state index contributed by atoms with van der Waals surface area (Å²) in [6.07, 6.45) is 2.44. The fourth-order valence-corrected chi connectivity index (χ4v) is 2.68. The summed E-state index contributed by atoms with van der Waals surface area (Å²) in [5, 5.41) is 3.60. The van der Waals surface area contributed by atoms with Crippen LogP contribution in [-0.2, 0) is 6.42 Å². The zero-order valence-electron chi connectivity index (χ0n) is 12.5. The van der Waals surface area contributed by atoms with Crippen LogP contribution in [0, 0.1) is 11.3 Å². The van der Waals surface area contributed by atoms with E-state index >= 15 is 0 Å². The highest BCUT2D eigenvalue weighted by atomic mass is 14.9. The van der Waals surface area contributed by atoms with Gasteiger partial charge in [0.2, 0.25) is 0 Å². The third kappa shape index (κ3) is 2.71. The first-order valence-corrected chi connectivity index (χ1v) is 7.28. The van der Waals surface area contributed by atoms with Crippen molar-refractivity contribution in [3.63, 3.8) is 0 Å². The molecule has 0 spiro atoms. The Bertz CT molecular complexity index is 414. The van der Waals surface area contributed by atoms with Crippen LogP contribution in [0.15, 0.2) is 18.2 Å². The molecule has 1 nitrogen and oxygen atoms in total. The molecule has 1 aliphatic heterocycles. The van der Waals surface area contributed by atoms with E-state index in [4.69, 9.17) is 0 Å². The van der Waals surface area contributed by atoms with Crippen molar-refractivity contribution in [1.82, 2.24) is 0 Å². The Kier molecular flexibility index (Phi) is 3.70. The molecular formula is C17H27N. The predicted molar refractivity (Wildman–Crippen MR) is 80.3 cm³/mol. The van der Waals surface area contributed by atoms with Crippen molar-refractivity contribution in [3.8, 4) is 0 Å². The summed E-state index contributed by atoms with van der Waals surface area (Å²) in [6.45, 7) is 12.7. The number of fused-ring (bicyclic) bond motifs is 1. The first-order chi connectivity index (χ1) is 8.41. The highest BCUT2D eigenvalue weighted by molar-refractivity contribution is 5.55. The van der Waals surface area contributed by atoms with Crippen LogP contribution in [0.4, 0.5) is 5.69 Å². The molecule has 1 heterocycles. The van der Waals surface area contributed by atoms with Gasteiger partial charge in [0.05, 0.1) is 0 Å². The summed E-state index contributed by atoms with van der Waals surface area (Å²) >= 11 is 0. The highest BCUT2D eigenvalue weighted by Crippen LogP contribution is 2.36. The summed E-state index contributed by atoms with van der Waals surface area (Å²) in [4.78, 5) is 0. The lowest BCUT2D eigenvalue weighted by molar-refractivity contribution is 0.247. The largest absolute Gasteiger partial charge is 0.385 e. The van der Waals surface area contributed by atoms with Gasteiger partial charge in [-0.05, 0) is 47.3 Å². The molecule has 18 heavy (non-hydrogen) atoms. The molecule has 2 rings (SSSR count). The van der Waals surface area contributed by atoms with Crippen LogP contribution in [0.3, 0.4) is 0 Å². The third-order valence-electron chi connectivity index (χ3n) is 4.54. The molecule has 0 radical (unpaired) electrons. The Balaban J connectivity index is 2.25. The maximum atomic E-state index is 3.60. The second-order valence-electron chi connectivity index (χ2n) is 6.87. The average molecular weight is 245 g/mol. The van der Waals surface area contributed by atoms with Gasteiger partial charge in [-0.1, -0.05) is 46.8 Å². The molecule has 0 aliphatic carbocycles. The Morgan fingerprint density at radius 1 is 1.33 bits per heavy atom. The lowest BCUT2D eigenvalue weighted by atomic mass is 9.75. The summed E-state index contributed by atoms with van der Waals surface area (Å²) in [5.41, 5.74) is 4.74. The molecule has 100 valence electrons. The van der Waals surface area contributed by atoms with Crippen LogP contribution in [0.1, 0.15) is 58.1 Å². The van der Waals surface area contributed by atoms with Crippen molar-refractivity contribution in [2.75, 3.05) is 11.9 Å². The number of hydrogen-bond acceptors (Lipinski definition) is 1. The molecule has 0 saturated carbocycles. The third-order valence-corrected chi connectivity index (χ3v) is 4.54. The van der Waals surface area contributed by atoms with Crippen LogP contribution in [0.5, 0.6) is 0 Å². The molecule has 1 aromatic carbocycles. The van der Waals surface area contributed by atoms with Gasteiger partial charge in [0.15, 0.2) is 0 Å². The first kappa shape index (κ1) is 13.5. The minimum Gasteiger partial charge on any atom is -0.385 e. The van der Waals surface area contributed by atoms with E-state index in [2.05, 4.69) is 58.1 Å². The molecule has 1 heteroatoms. The summed E-state index contributed by atoms with van der Waals surface area (Å²) < 4.78 is 0. The Hall–Kier alpha value is -0.980. The second kappa shape index (κ2) is 4.95. The predicted octanol–water partition coefficient (Wildman–Crippen LogP) is 4.83. The van der Waals surface area contributed by atoms with Crippen LogP contribution >= 0.6 is 0 Å². The standard InChI is InChI=1S/C17H27N/c1-6-12(2)13-7-8-16-14(9-13)10-15(11-18-16)17(3,4)5/h7-9,12,15,18H,6,10-11H2,1-5H3. The fourth-order valence-electron chi connectivity index (χ4n) is 2.68. The van der Waals surface area contributed by atoms with Gasteiger partial charge in [0.25, 0.3) is 0 Å². The highest BCUT2D eigenvalue weighted by Gasteiger charge is 2.28. The smallest absolute Gasteiger partial charge is 0.0373 e. The van der Waals surface area contributed by atoms with E-state index in [0.717, 1.165) is 12.5 Å². The molecule has 0 fully saturated rings. The van der Waals surface area contributed by atoms with Crippen molar-refractivity contribution >= 4 is 5.69 Å². The average Bonchev–Trinajstić information content (AvgIpc) is 2.35. The molecule has 1 N–H and O–H groups in total. The van der Waals surface area contributed by atoms with Crippen molar-refractivity contribution in [1.29, 1.82) is 0 Å². The maximum absolute atomic E-state index is 3.60. The van der Waals surface area contributed by atoms with E-state index in [9.17, 15) is 0 Å². The summed E-state index contributed by atoms with van der Waals surface area (Å²) in [6, 6.07) is 6.99. The number of benzene rings is 1. The van der Waals surface area contributed by atoms with Gasteiger partial charge in [0.1, 0.15) is 0 Å². The monoisotopic (exact) mass is 245 g/mol. The summed E-state index contributed by atoms with van der Waals surface area (Å²) in [5.74, 6) is 1.41. The van der Waals surface area contributed by atoms with Gasteiger partial charge in [-0.25, -0.2) is 0 Å². The van der Waals surface area contributed by atoms with E-state index in [1.54, 1.807) is 0 Å². The molecule has 1 aliphatic rings. The SMILES string of the molecule is CCC(C)c1ccc2c(c1)CC(C(C)(C)C)CN2. The molecular weight excluding hydrogens is 218 g/mol. The molecule has 1 aromatic rings. The van der Waals surface area contributed by atoms with Crippen molar-refractivity contribution in [3.05, 3.63) is 29.3 Å². The number of nitrogens with one attached hydrogen (secondary N) is 1. The van der Waals surface area contributed by atoms with Crippen LogP contribution in [0.2, 0.25) is 0 Å². The van der Waals surface area contributed by atoms with Crippen molar-refractivity contribution < 1.29 is 0 Å². The maximum Gasteiger partial charge on any atom is 0.0373 e. The summed E-state index contributed by atoms with van der Waals surface area (Å²) in [7, 11) is 0. The van der Waals surface area contributed by atoms with Gasteiger partial charge in [-0.15, -0.1) is 0 Å². The van der Waals surface area contributed by atoms with Gasteiger partial charge in [-0.3, -0.25) is 0 Å². The topological polar surface area (TPSA) is 12.0 Å². The van der Waals surface area contributed by atoms with Crippen LogP contribution in [0.25, 0.3) is 0 Å². The minimum atomic E-state index is 0.386. The van der Waals surface area contributed by atoms with Crippen LogP contribution < -0.4 is 5.32 Å². The van der Waals surface area contributed by atoms with Gasteiger partial charge in [0, 0.05) is 12.2 Å². The van der Waals surface area contributed by atoms with Gasteiger partial charge >= 0.3 is 0 Å². The zero-order chi connectivity index (χ0) is 13.3. The van der Waals surface area contributed by atoms with E-state index in [1.807, 2.05) is 0 Å². The van der Waals surface area contributed by atoms with E-state index in [0.29, 0.717) is 11.3 Å². The first-order valence-electron chi connectivity index (χ1n) is 7.28. The van der Waals surface area contributed by atoms with Crippen molar-refractivity contribution in [2.24, 2.45) is 11.3 Å². The van der Waals surface area contributed by atoms with E-state index in [-0.39, 0.29) is 0 Å². The minimum absolute atomic E-state index is 0.386. The Morgan fingerprint density at radius 3 is 2.67 bits per heavy atom. The quantitative estimate of drug-likeness (QED) is 0.787. The van der Waals surface area contributed by atoms with Crippen molar-refractivity contribution in [2.45, 2.75) is 53.4 Å². The van der Waals surface area contributed by atoms with Gasteiger partial charge in [-0.2, -0.15) is 0 Å². The van der Waals surface area contributed by atoms with E-state index in [1.165, 1.54) is 29.7 Å². The van der Waals surface area contributed by atoms with E-state index < -0.39 is 0 Å².